The van der Waals surface area contributed by atoms with Crippen LogP contribution >= 0.6 is 0 Å². The number of ether oxygens (including phenoxy) is 1. The molecule has 4 atom stereocenters. The molecule has 188 valence electrons. The van der Waals surface area contributed by atoms with Gasteiger partial charge in [-0.3, -0.25) is 9.59 Å². The maximum absolute atomic E-state index is 13.1. The molecule has 35 heavy (non-hydrogen) atoms. The lowest BCUT2D eigenvalue weighted by Gasteiger charge is -2.20. The first kappa shape index (κ1) is 26.9. The normalized spacial score (nSPS) is 22.7. The molecule has 3 rings (SSSR count). The van der Waals surface area contributed by atoms with Gasteiger partial charge in [-0.05, 0) is 62.1 Å². The second-order valence-corrected chi connectivity index (χ2v) is 10.5. The van der Waals surface area contributed by atoms with Crippen LogP contribution in [-0.4, -0.2) is 11.8 Å². The molecule has 0 saturated carbocycles. The Labute approximate surface area is 211 Å². The van der Waals surface area contributed by atoms with Gasteiger partial charge >= 0.3 is 5.97 Å². The second-order valence-electron chi connectivity index (χ2n) is 10.5. The van der Waals surface area contributed by atoms with Crippen LogP contribution in [0.5, 0.6) is 0 Å². The third-order valence-electron chi connectivity index (χ3n) is 7.68. The molecule has 1 aliphatic carbocycles. The van der Waals surface area contributed by atoms with Crippen LogP contribution in [0.15, 0.2) is 47.6 Å². The van der Waals surface area contributed by atoms with Gasteiger partial charge in [-0.25, -0.2) is 0 Å². The van der Waals surface area contributed by atoms with Crippen LogP contribution in [0.25, 0.3) is 0 Å². The number of benzene rings is 1. The van der Waals surface area contributed by atoms with Gasteiger partial charge in [-0.1, -0.05) is 81.4 Å². The summed E-state index contributed by atoms with van der Waals surface area (Å²) in [6.07, 6.45) is 15.2. The minimum Gasteiger partial charge on any atom is -0.457 e. The van der Waals surface area contributed by atoms with Crippen molar-refractivity contribution in [3.63, 3.8) is 0 Å². The zero-order chi connectivity index (χ0) is 25.2. The number of hydrogen-bond acceptors (Lipinski definition) is 4. The summed E-state index contributed by atoms with van der Waals surface area (Å²) in [5.74, 6) is 0.636. The predicted octanol–water partition coefficient (Wildman–Crippen LogP) is 7.79. The van der Waals surface area contributed by atoms with E-state index < -0.39 is 12.0 Å². The van der Waals surface area contributed by atoms with Crippen molar-refractivity contribution in [2.45, 2.75) is 97.5 Å². The van der Waals surface area contributed by atoms with E-state index >= 15 is 0 Å². The van der Waals surface area contributed by atoms with E-state index in [0.717, 1.165) is 24.8 Å². The molecule has 0 spiro atoms. The van der Waals surface area contributed by atoms with E-state index in [1.54, 1.807) is 29.8 Å². The van der Waals surface area contributed by atoms with Gasteiger partial charge in [0.05, 0.1) is 24.0 Å². The summed E-state index contributed by atoms with van der Waals surface area (Å²) in [5, 5.41) is 9.02. The van der Waals surface area contributed by atoms with Crippen molar-refractivity contribution in [1.82, 2.24) is 0 Å². The first-order valence-electron chi connectivity index (χ1n) is 13.5. The highest BCUT2D eigenvalue weighted by Crippen LogP contribution is 2.37. The highest BCUT2D eigenvalue weighted by molar-refractivity contribution is 5.88. The van der Waals surface area contributed by atoms with Crippen LogP contribution < -0.4 is 0 Å². The highest BCUT2D eigenvalue weighted by atomic mass is 16.6. The highest BCUT2D eigenvalue weighted by Gasteiger charge is 2.40. The summed E-state index contributed by atoms with van der Waals surface area (Å²) in [4.78, 5) is 25.1. The smallest absolute Gasteiger partial charge is 0.307 e. The van der Waals surface area contributed by atoms with Gasteiger partial charge in [0.2, 0.25) is 0 Å². The molecule has 1 aliphatic heterocycles. The third kappa shape index (κ3) is 7.92. The van der Waals surface area contributed by atoms with Crippen molar-refractivity contribution in [2.24, 2.45) is 17.8 Å². The Morgan fingerprint density at radius 3 is 2.60 bits per heavy atom. The molecule has 2 unspecified atom stereocenters. The summed E-state index contributed by atoms with van der Waals surface area (Å²) in [5.41, 5.74) is 4.44. The standard InChI is InChI=1S/C31H41NO3/c1-4-8-24(9-6-5-7-10-27-19-22(2)11-12-23(27)3)15-18-29(33)28-20-30(34)35-31(28)26-16-13-25(21-32)14-17-26/h11-14,16-17,22,24,28,31H,4-10,15,18-20H2,1-3H3/t22?,24?,28-,31-/m1/s1. The molecule has 0 amide bonds. The van der Waals surface area contributed by atoms with Crippen LogP contribution in [0.1, 0.15) is 109 Å². The quantitative estimate of drug-likeness (QED) is 0.216. The van der Waals surface area contributed by atoms with Crippen LogP contribution in [-0.2, 0) is 14.3 Å². The summed E-state index contributed by atoms with van der Waals surface area (Å²) in [6.45, 7) is 6.74. The van der Waals surface area contributed by atoms with Gasteiger partial charge < -0.3 is 4.74 Å². The summed E-state index contributed by atoms with van der Waals surface area (Å²) in [7, 11) is 0. The summed E-state index contributed by atoms with van der Waals surface area (Å²) >= 11 is 0. The lowest BCUT2D eigenvalue weighted by Crippen LogP contribution is -2.19. The minimum atomic E-state index is -0.525. The monoisotopic (exact) mass is 475 g/mol. The van der Waals surface area contributed by atoms with Gasteiger partial charge in [-0.2, -0.15) is 5.26 Å². The van der Waals surface area contributed by atoms with Crippen molar-refractivity contribution in [3.05, 3.63) is 58.7 Å². The molecule has 1 fully saturated rings. The molecule has 1 aromatic rings. The first-order chi connectivity index (χ1) is 16.9. The zero-order valence-electron chi connectivity index (χ0n) is 21.7. The molecular weight excluding hydrogens is 434 g/mol. The number of Topliss-reactive ketones (excluding diaryl/α,β-unsaturated/α-hetero) is 1. The topological polar surface area (TPSA) is 67.2 Å². The number of ketones is 1. The molecule has 1 heterocycles. The molecule has 4 nitrogen and oxygen atoms in total. The van der Waals surface area contributed by atoms with Crippen LogP contribution in [0.3, 0.4) is 0 Å². The lowest BCUT2D eigenvalue weighted by molar-refractivity contribution is -0.141. The minimum absolute atomic E-state index is 0.133. The Balaban J connectivity index is 1.45. The Morgan fingerprint density at radius 1 is 1.11 bits per heavy atom. The molecule has 2 aliphatic rings. The molecular formula is C31H41NO3. The number of nitriles is 1. The number of cyclic esters (lactones) is 1. The van der Waals surface area contributed by atoms with E-state index in [9.17, 15) is 9.59 Å². The zero-order valence-corrected chi connectivity index (χ0v) is 21.7. The number of rotatable bonds is 13. The van der Waals surface area contributed by atoms with Gasteiger partial charge in [0, 0.05) is 6.42 Å². The van der Waals surface area contributed by atoms with Crippen molar-refractivity contribution in [3.8, 4) is 6.07 Å². The van der Waals surface area contributed by atoms with Gasteiger partial charge in [0.1, 0.15) is 11.9 Å². The Bertz CT molecular complexity index is 966. The van der Waals surface area contributed by atoms with Gasteiger partial charge in [-0.15, -0.1) is 0 Å². The maximum atomic E-state index is 13.1. The summed E-state index contributed by atoms with van der Waals surface area (Å²) < 4.78 is 5.51. The third-order valence-corrected chi connectivity index (χ3v) is 7.68. The number of esters is 1. The maximum Gasteiger partial charge on any atom is 0.307 e. The fourth-order valence-electron chi connectivity index (χ4n) is 5.55. The number of carbonyl (C=O) groups excluding carboxylic acids is 2. The van der Waals surface area contributed by atoms with Crippen molar-refractivity contribution in [2.75, 3.05) is 0 Å². The Kier molecular flexibility index (Phi) is 10.3. The molecule has 0 aromatic heterocycles. The number of hydrogen-bond donors (Lipinski definition) is 0. The Morgan fingerprint density at radius 2 is 1.89 bits per heavy atom. The van der Waals surface area contributed by atoms with E-state index in [0.29, 0.717) is 23.8 Å². The van der Waals surface area contributed by atoms with Crippen molar-refractivity contribution in [1.29, 1.82) is 5.26 Å². The fraction of sp³-hybridized carbons (Fsp3) is 0.581. The average molecular weight is 476 g/mol. The number of allylic oxidation sites excluding steroid dienone is 4. The van der Waals surface area contributed by atoms with Crippen LogP contribution in [0.2, 0.25) is 0 Å². The molecule has 0 N–H and O–H groups in total. The molecule has 0 bridgehead atoms. The first-order valence-corrected chi connectivity index (χ1v) is 13.5. The van der Waals surface area contributed by atoms with E-state index in [4.69, 9.17) is 10.00 Å². The summed E-state index contributed by atoms with van der Waals surface area (Å²) in [6, 6.07) is 9.11. The second kappa shape index (κ2) is 13.4. The van der Waals surface area contributed by atoms with Crippen LogP contribution in [0.4, 0.5) is 0 Å². The molecule has 0 radical (unpaired) electrons. The SMILES string of the molecule is CCCC(CCCCCC1=C(C)C=CC(C)C1)CCC(=O)[C@H]1CC(=O)O[C@@H]1c1ccc(C#N)cc1. The number of carbonyl (C=O) groups is 2. The van der Waals surface area contributed by atoms with E-state index in [2.05, 4.69) is 39.0 Å². The van der Waals surface area contributed by atoms with E-state index in [-0.39, 0.29) is 18.2 Å². The van der Waals surface area contributed by atoms with E-state index in [1.807, 2.05) is 0 Å². The van der Waals surface area contributed by atoms with Gasteiger partial charge in [0.25, 0.3) is 0 Å². The molecule has 4 heteroatoms. The molecule has 1 aromatic carbocycles. The molecule has 1 saturated heterocycles. The Hall–Kier alpha value is -2.67. The number of unbranched alkanes of at least 4 members (excludes halogenated alkanes) is 2. The van der Waals surface area contributed by atoms with E-state index in [1.165, 1.54) is 44.1 Å². The fourth-order valence-corrected chi connectivity index (χ4v) is 5.55. The van der Waals surface area contributed by atoms with Crippen molar-refractivity contribution < 1.29 is 14.3 Å². The largest absolute Gasteiger partial charge is 0.457 e. The van der Waals surface area contributed by atoms with Gasteiger partial charge in [0.15, 0.2) is 0 Å². The lowest BCUT2D eigenvalue weighted by atomic mass is 9.85. The van der Waals surface area contributed by atoms with Crippen LogP contribution in [0, 0.1) is 29.1 Å². The van der Waals surface area contributed by atoms with Crippen molar-refractivity contribution >= 4 is 11.8 Å². The average Bonchev–Trinajstić information content (AvgIpc) is 3.25. The predicted molar refractivity (Wildman–Crippen MR) is 139 cm³/mol. The number of nitrogens with zero attached hydrogens (tertiary/aromatic N) is 1.